The number of benzene rings is 3. The van der Waals surface area contributed by atoms with Gasteiger partial charge >= 0.3 is 0 Å². The van der Waals surface area contributed by atoms with Gasteiger partial charge in [-0.15, -0.1) is 0 Å². The average Bonchev–Trinajstić information content (AvgIpc) is 3.05. The number of aliphatic hydroxyl groups excluding tert-OH is 1. The van der Waals surface area contributed by atoms with Crippen LogP contribution in [0.4, 0.5) is 5.69 Å². The highest BCUT2D eigenvalue weighted by molar-refractivity contribution is 7.98. The van der Waals surface area contributed by atoms with Gasteiger partial charge in [0.1, 0.15) is 17.8 Å². The largest absolute Gasteiger partial charge is 0.508 e. The van der Waals surface area contributed by atoms with Gasteiger partial charge in [0.15, 0.2) is 0 Å². The van der Waals surface area contributed by atoms with Crippen LogP contribution in [0.15, 0.2) is 78.9 Å². The first kappa shape index (κ1) is 35.1. The van der Waals surface area contributed by atoms with Gasteiger partial charge in [-0.1, -0.05) is 54.6 Å². The van der Waals surface area contributed by atoms with Crippen molar-refractivity contribution < 1.29 is 29.4 Å². The van der Waals surface area contributed by atoms with E-state index in [0.29, 0.717) is 29.8 Å². The van der Waals surface area contributed by atoms with Crippen LogP contribution in [0.3, 0.4) is 0 Å². The van der Waals surface area contributed by atoms with Crippen LogP contribution in [0.1, 0.15) is 23.1 Å². The molecule has 240 valence electrons. The lowest BCUT2D eigenvalue weighted by molar-refractivity contribution is -0.131. The van der Waals surface area contributed by atoms with E-state index in [4.69, 9.17) is 0 Å². The molecule has 0 saturated carbocycles. The normalized spacial score (nSPS) is 12.8. The molecule has 0 saturated heterocycles. The molecule has 11 nitrogen and oxygen atoms in total. The Kier molecular flexibility index (Phi) is 14.4. The molecule has 4 amide bonds. The van der Waals surface area contributed by atoms with Gasteiger partial charge in [-0.2, -0.15) is 11.8 Å². The Morgan fingerprint density at radius 3 is 2.09 bits per heavy atom. The van der Waals surface area contributed by atoms with E-state index in [1.165, 1.54) is 11.8 Å². The van der Waals surface area contributed by atoms with Crippen LogP contribution in [0, 0.1) is 0 Å². The van der Waals surface area contributed by atoms with Crippen molar-refractivity contribution in [2.75, 3.05) is 30.9 Å². The van der Waals surface area contributed by atoms with Crippen LogP contribution in [-0.2, 0) is 38.6 Å². The second-order valence-electron chi connectivity index (χ2n) is 10.4. The number of carbonyl (C=O) groups is 4. The fourth-order valence-electron chi connectivity index (χ4n) is 4.54. The van der Waals surface area contributed by atoms with E-state index < -0.39 is 42.4 Å². The summed E-state index contributed by atoms with van der Waals surface area (Å²) in [4.78, 5) is 52.5. The molecular weight excluding hydrogens is 594 g/mol. The molecule has 3 atom stereocenters. The summed E-state index contributed by atoms with van der Waals surface area (Å²) in [5, 5.41) is 32.8. The maximum Gasteiger partial charge on any atom is 0.247 e. The molecule has 0 unspecified atom stereocenters. The molecule has 0 aliphatic carbocycles. The van der Waals surface area contributed by atoms with E-state index in [-0.39, 0.29) is 24.7 Å². The third-order valence-corrected chi connectivity index (χ3v) is 7.66. The van der Waals surface area contributed by atoms with E-state index in [1.807, 2.05) is 36.6 Å². The number of likely N-dealkylation sites (N-methyl/N-ethyl adjacent to an activating group) is 1. The summed E-state index contributed by atoms with van der Waals surface area (Å²) in [7, 11) is 1.65. The molecule has 12 heteroatoms. The Morgan fingerprint density at radius 1 is 0.756 bits per heavy atom. The zero-order chi connectivity index (χ0) is 32.6. The number of thioether (sulfide) groups is 1. The highest BCUT2D eigenvalue weighted by Gasteiger charge is 2.26. The SMILES string of the molecule is CN[C@@H](Cc1ccc(O)cc1)C(=O)N[C@H](CCSC)C(=O)NCC(=O)N[C@@H](Cc1ccccc1)C(=O)Nc1cccc(CO)c1. The number of anilines is 1. The summed E-state index contributed by atoms with van der Waals surface area (Å²) in [6.07, 6.45) is 2.80. The number of carbonyl (C=O) groups excluding carboxylic acids is 4. The highest BCUT2D eigenvalue weighted by Crippen LogP contribution is 2.13. The first-order valence-corrected chi connectivity index (χ1v) is 16.0. The van der Waals surface area contributed by atoms with Gasteiger partial charge in [0.25, 0.3) is 0 Å². The van der Waals surface area contributed by atoms with Crippen LogP contribution in [0.25, 0.3) is 0 Å². The Morgan fingerprint density at radius 2 is 1.42 bits per heavy atom. The van der Waals surface area contributed by atoms with Crippen LogP contribution >= 0.6 is 11.8 Å². The first-order chi connectivity index (χ1) is 21.7. The molecule has 0 bridgehead atoms. The summed E-state index contributed by atoms with van der Waals surface area (Å²) < 4.78 is 0. The van der Waals surface area contributed by atoms with E-state index in [1.54, 1.807) is 55.6 Å². The Labute approximate surface area is 267 Å². The molecule has 0 aliphatic heterocycles. The van der Waals surface area contributed by atoms with Gasteiger partial charge in [0.05, 0.1) is 19.2 Å². The number of nitrogens with one attached hydrogen (secondary N) is 5. The molecule has 0 spiro atoms. The number of aromatic hydroxyl groups is 1. The molecule has 0 aromatic heterocycles. The minimum absolute atomic E-state index is 0.127. The fourth-order valence-corrected chi connectivity index (χ4v) is 5.01. The van der Waals surface area contributed by atoms with E-state index >= 15 is 0 Å². The molecule has 0 fully saturated rings. The van der Waals surface area contributed by atoms with Crippen molar-refractivity contribution in [1.29, 1.82) is 0 Å². The van der Waals surface area contributed by atoms with Crippen LogP contribution in [-0.4, -0.2) is 77.6 Å². The van der Waals surface area contributed by atoms with Crippen molar-refractivity contribution >= 4 is 41.1 Å². The molecule has 3 aromatic rings. The molecule has 0 heterocycles. The van der Waals surface area contributed by atoms with Gasteiger partial charge in [-0.25, -0.2) is 0 Å². The standard InChI is InChI=1S/C33H41N5O6S/c1-34-28(18-23-11-13-26(40)14-12-23)32(43)38-27(15-16-45-2)31(42)35-20-30(41)37-29(19-22-7-4-3-5-8-22)33(44)36-25-10-6-9-24(17-25)21-39/h3-14,17,27-29,34,39-40H,15-16,18-21H2,1-2H3,(H,35,42)(H,36,44)(H,37,41)(H,38,43)/t27-,28+,29+/m1/s1. The zero-order valence-electron chi connectivity index (χ0n) is 25.4. The monoisotopic (exact) mass is 635 g/mol. The maximum absolute atomic E-state index is 13.2. The second kappa shape index (κ2) is 18.4. The summed E-state index contributed by atoms with van der Waals surface area (Å²) in [6.45, 7) is -0.577. The summed E-state index contributed by atoms with van der Waals surface area (Å²) >= 11 is 1.52. The molecular formula is C33H41N5O6S. The summed E-state index contributed by atoms with van der Waals surface area (Å²) in [6, 6.07) is 20.1. The van der Waals surface area contributed by atoms with Gasteiger partial charge in [-0.3, -0.25) is 19.2 Å². The van der Waals surface area contributed by atoms with Gasteiger partial charge in [-0.05, 0) is 72.9 Å². The second-order valence-corrected chi connectivity index (χ2v) is 11.4. The predicted octanol–water partition coefficient (Wildman–Crippen LogP) is 1.74. The van der Waals surface area contributed by atoms with Gasteiger partial charge in [0.2, 0.25) is 23.6 Å². The fraction of sp³-hybridized carbons (Fsp3) is 0.333. The molecule has 0 aliphatic rings. The van der Waals surface area contributed by atoms with Crippen molar-refractivity contribution in [3.63, 3.8) is 0 Å². The van der Waals surface area contributed by atoms with E-state index in [2.05, 4.69) is 26.6 Å². The lowest BCUT2D eigenvalue weighted by Crippen LogP contribution is -2.54. The van der Waals surface area contributed by atoms with Crippen molar-refractivity contribution in [3.05, 3.63) is 95.6 Å². The number of hydrogen-bond acceptors (Lipinski definition) is 8. The number of hydrogen-bond donors (Lipinski definition) is 7. The van der Waals surface area contributed by atoms with Crippen molar-refractivity contribution in [1.82, 2.24) is 21.3 Å². The van der Waals surface area contributed by atoms with E-state index in [0.717, 1.165) is 11.1 Å². The quantitative estimate of drug-likeness (QED) is 0.118. The Bertz CT molecular complexity index is 1410. The molecule has 3 rings (SSSR count). The number of phenolic OH excluding ortho intramolecular Hbond substituents is 1. The Balaban J connectivity index is 1.63. The van der Waals surface area contributed by atoms with Crippen molar-refractivity contribution in [2.45, 2.75) is 44.0 Å². The number of rotatable bonds is 17. The molecule has 3 aromatic carbocycles. The van der Waals surface area contributed by atoms with Gasteiger partial charge in [0, 0.05) is 12.1 Å². The number of phenols is 1. The van der Waals surface area contributed by atoms with Crippen molar-refractivity contribution in [2.24, 2.45) is 0 Å². The maximum atomic E-state index is 13.2. The third-order valence-electron chi connectivity index (χ3n) is 7.02. The van der Waals surface area contributed by atoms with Crippen LogP contribution in [0.5, 0.6) is 5.75 Å². The zero-order valence-corrected chi connectivity index (χ0v) is 26.2. The van der Waals surface area contributed by atoms with Gasteiger partial charge < -0.3 is 36.8 Å². The average molecular weight is 636 g/mol. The highest BCUT2D eigenvalue weighted by atomic mass is 32.2. The molecule has 0 radical (unpaired) electrons. The van der Waals surface area contributed by atoms with Crippen LogP contribution in [0.2, 0.25) is 0 Å². The number of aliphatic hydroxyl groups is 1. The topological polar surface area (TPSA) is 169 Å². The lowest BCUT2D eigenvalue weighted by Gasteiger charge is -2.23. The first-order valence-electron chi connectivity index (χ1n) is 14.6. The number of amides is 4. The third kappa shape index (κ3) is 11.9. The van der Waals surface area contributed by atoms with Crippen LogP contribution < -0.4 is 26.6 Å². The predicted molar refractivity (Wildman–Crippen MR) is 176 cm³/mol. The summed E-state index contributed by atoms with van der Waals surface area (Å²) in [5.74, 6) is -1.19. The van der Waals surface area contributed by atoms with Crippen molar-refractivity contribution in [3.8, 4) is 5.75 Å². The minimum atomic E-state index is -0.946. The lowest BCUT2D eigenvalue weighted by atomic mass is 10.0. The Hall–Kier alpha value is -4.39. The summed E-state index contributed by atoms with van der Waals surface area (Å²) in [5.41, 5.74) is 2.77. The minimum Gasteiger partial charge on any atom is -0.508 e. The smallest absolute Gasteiger partial charge is 0.247 e. The molecule has 7 N–H and O–H groups in total. The molecule has 45 heavy (non-hydrogen) atoms. The van der Waals surface area contributed by atoms with E-state index in [9.17, 15) is 29.4 Å².